The van der Waals surface area contributed by atoms with Crippen molar-refractivity contribution in [3.8, 4) is 0 Å². The van der Waals surface area contributed by atoms with Gasteiger partial charge in [0.1, 0.15) is 0 Å². The molecule has 0 fully saturated rings. The molecule has 1 heteroatoms. The second-order valence-electron chi connectivity index (χ2n) is 2.44. The van der Waals surface area contributed by atoms with Crippen LogP contribution in [0.25, 0.3) is 0 Å². The summed E-state index contributed by atoms with van der Waals surface area (Å²) < 4.78 is 0. The van der Waals surface area contributed by atoms with Gasteiger partial charge in [-0.05, 0) is 32.7 Å². The van der Waals surface area contributed by atoms with E-state index in [2.05, 4.69) is 38.2 Å². The summed E-state index contributed by atoms with van der Waals surface area (Å²) in [6, 6.07) is 0. The zero-order chi connectivity index (χ0) is 6.62. The summed E-state index contributed by atoms with van der Waals surface area (Å²) in [5.74, 6) is 2.53. The minimum atomic E-state index is 0.0434. The summed E-state index contributed by atoms with van der Waals surface area (Å²) in [6.07, 6.45) is 1.04. The Labute approximate surface area is 51.1 Å². The van der Waals surface area contributed by atoms with Gasteiger partial charge in [-0.3, -0.25) is 0 Å². The van der Waals surface area contributed by atoms with Gasteiger partial charge in [0.2, 0.25) is 0 Å². The average molecular weight is 111 g/mol. The van der Waals surface area contributed by atoms with Crippen molar-refractivity contribution in [2.45, 2.75) is 32.7 Å². The first kappa shape index (κ1) is 7.45. The molecule has 8 heavy (non-hydrogen) atoms. The average Bonchev–Trinajstić information content (AvgIpc) is 1.67. The molecule has 46 valence electrons. The molecular formula is C7H13N. The minimum absolute atomic E-state index is 0.0434. The predicted molar refractivity (Wildman–Crippen MR) is 37.4 cm³/mol. The van der Waals surface area contributed by atoms with E-state index >= 15 is 0 Å². The monoisotopic (exact) mass is 111 g/mol. The van der Waals surface area contributed by atoms with Gasteiger partial charge in [-0.25, -0.2) is 4.99 Å². The van der Waals surface area contributed by atoms with E-state index in [0.29, 0.717) is 0 Å². The maximum atomic E-state index is 4.01. The van der Waals surface area contributed by atoms with Gasteiger partial charge in [-0.1, -0.05) is 6.92 Å². The van der Waals surface area contributed by atoms with Crippen molar-refractivity contribution >= 4 is 5.87 Å². The lowest BCUT2D eigenvalue weighted by molar-refractivity contribution is 0.508. The van der Waals surface area contributed by atoms with Crippen molar-refractivity contribution < 1.29 is 0 Å². The third kappa shape index (κ3) is 2.59. The lowest BCUT2D eigenvalue weighted by Crippen LogP contribution is -2.13. The fourth-order valence-electron chi connectivity index (χ4n) is 0.293. The summed E-state index contributed by atoms with van der Waals surface area (Å²) in [6.45, 7) is 9.62. The predicted octanol–water partition coefficient (Wildman–Crippen LogP) is 2.03. The highest BCUT2D eigenvalue weighted by Gasteiger charge is 2.09. The summed E-state index contributed by atoms with van der Waals surface area (Å²) in [5, 5.41) is 0. The van der Waals surface area contributed by atoms with E-state index < -0.39 is 0 Å². The van der Waals surface area contributed by atoms with Crippen molar-refractivity contribution in [3.05, 3.63) is 6.58 Å². The van der Waals surface area contributed by atoms with Gasteiger partial charge in [0.15, 0.2) is 0 Å². The molecule has 0 rings (SSSR count). The summed E-state index contributed by atoms with van der Waals surface area (Å²) >= 11 is 0. The van der Waals surface area contributed by atoms with E-state index in [1.54, 1.807) is 0 Å². The van der Waals surface area contributed by atoms with Gasteiger partial charge >= 0.3 is 0 Å². The van der Waals surface area contributed by atoms with E-state index in [1.165, 1.54) is 0 Å². The lowest BCUT2D eigenvalue weighted by Gasteiger charge is -2.13. The van der Waals surface area contributed by atoms with Crippen LogP contribution in [-0.4, -0.2) is 11.4 Å². The van der Waals surface area contributed by atoms with Crippen molar-refractivity contribution in [2.75, 3.05) is 0 Å². The molecule has 0 aliphatic heterocycles. The third-order valence-corrected chi connectivity index (χ3v) is 1.25. The van der Waals surface area contributed by atoms with Crippen LogP contribution in [0.3, 0.4) is 0 Å². The molecular weight excluding hydrogens is 98.1 g/mol. The fourth-order valence-corrected chi connectivity index (χ4v) is 0.293. The molecule has 0 aliphatic carbocycles. The summed E-state index contributed by atoms with van der Waals surface area (Å²) in [5.41, 5.74) is 0.0434. The molecule has 0 spiro atoms. The van der Waals surface area contributed by atoms with E-state index in [1.807, 2.05) is 0 Å². The first-order valence-electron chi connectivity index (χ1n) is 2.86. The molecule has 0 aromatic carbocycles. The van der Waals surface area contributed by atoms with Crippen molar-refractivity contribution in [1.82, 2.24) is 0 Å². The van der Waals surface area contributed by atoms with Gasteiger partial charge < -0.3 is 0 Å². The zero-order valence-electron chi connectivity index (χ0n) is 5.86. The molecule has 0 saturated carbocycles. The Morgan fingerprint density at radius 3 is 2.25 bits per heavy atom. The molecule has 0 N–H and O–H groups in total. The van der Waals surface area contributed by atoms with Crippen LogP contribution in [0.1, 0.15) is 27.2 Å². The maximum Gasteiger partial charge on any atom is 0.0643 e. The second kappa shape index (κ2) is 2.68. The van der Waals surface area contributed by atoms with Crippen LogP contribution in [0.15, 0.2) is 11.6 Å². The molecule has 0 aromatic heterocycles. The van der Waals surface area contributed by atoms with Crippen LogP contribution in [0.2, 0.25) is 0 Å². The Bertz CT molecular complexity index is 108. The third-order valence-electron chi connectivity index (χ3n) is 1.25. The maximum absolute atomic E-state index is 4.01. The Balaban J connectivity index is 3.90. The summed E-state index contributed by atoms with van der Waals surface area (Å²) in [7, 11) is 0. The standard InChI is InChI=1S/C7H13N/c1-5-7(3,4)8-6-2/h2,5H2,1,3-4H3. The minimum Gasteiger partial charge on any atom is -0.238 e. The highest BCUT2D eigenvalue weighted by molar-refractivity contribution is 5.47. The first-order valence-corrected chi connectivity index (χ1v) is 2.86. The number of hydrogen-bond donors (Lipinski definition) is 0. The SMILES string of the molecule is C=C=NC(C)(C)CC. The Morgan fingerprint density at radius 2 is 2.12 bits per heavy atom. The smallest absolute Gasteiger partial charge is 0.0643 e. The number of aliphatic imine (C=N–C) groups is 1. The van der Waals surface area contributed by atoms with Gasteiger partial charge in [0, 0.05) is 0 Å². The van der Waals surface area contributed by atoms with E-state index in [4.69, 9.17) is 0 Å². The molecule has 0 aliphatic rings. The van der Waals surface area contributed by atoms with Crippen LogP contribution in [-0.2, 0) is 0 Å². The van der Waals surface area contributed by atoms with E-state index in [-0.39, 0.29) is 5.54 Å². The molecule has 0 bridgehead atoms. The Morgan fingerprint density at radius 1 is 1.62 bits per heavy atom. The molecule has 0 saturated heterocycles. The highest BCUT2D eigenvalue weighted by Crippen LogP contribution is 2.10. The molecule has 0 unspecified atom stereocenters. The highest BCUT2D eigenvalue weighted by atomic mass is 14.8. The fraction of sp³-hybridized carbons (Fsp3) is 0.714. The van der Waals surface area contributed by atoms with E-state index in [9.17, 15) is 0 Å². The molecule has 1 nitrogen and oxygen atoms in total. The molecule has 0 radical (unpaired) electrons. The topological polar surface area (TPSA) is 12.4 Å². The van der Waals surface area contributed by atoms with Crippen molar-refractivity contribution in [2.24, 2.45) is 4.99 Å². The van der Waals surface area contributed by atoms with Gasteiger partial charge in [0.25, 0.3) is 0 Å². The Hall–Kier alpha value is -0.550. The van der Waals surface area contributed by atoms with Crippen molar-refractivity contribution in [3.63, 3.8) is 0 Å². The zero-order valence-corrected chi connectivity index (χ0v) is 5.86. The molecule has 0 heterocycles. The first-order chi connectivity index (χ1) is 3.62. The molecule has 0 aromatic rings. The Kier molecular flexibility index (Phi) is 2.50. The number of rotatable bonds is 2. The quantitative estimate of drug-likeness (QED) is 0.483. The van der Waals surface area contributed by atoms with Crippen LogP contribution >= 0.6 is 0 Å². The van der Waals surface area contributed by atoms with Crippen LogP contribution in [0.4, 0.5) is 0 Å². The van der Waals surface area contributed by atoms with Gasteiger partial charge in [-0.15, -0.1) is 0 Å². The number of hydrogen-bond acceptors (Lipinski definition) is 1. The van der Waals surface area contributed by atoms with Gasteiger partial charge in [0.05, 0.1) is 5.54 Å². The lowest BCUT2D eigenvalue weighted by atomic mass is 10.0. The van der Waals surface area contributed by atoms with Crippen LogP contribution in [0.5, 0.6) is 0 Å². The van der Waals surface area contributed by atoms with Crippen molar-refractivity contribution in [1.29, 1.82) is 0 Å². The second-order valence-corrected chi connectivity index (χ2v) is 2.44. The van der Waals surface area contributed by atoms with Crippen LogP contribution in [0, 0.1) is 0 Å². The molecule has 0 amide bonds. The van der Waals surface area contributed by atoms with E-state index in [0.717, 1.165) is 6.42 Å². The number of nitrogens with zero attached hydrogens (tertiary/aromatic N) is 1. The largest absolute Gasteiger partial charge is 0.238 e. The normalized spacial score (nSPS) is 10.4. The molecule has 0 atom stereocenters. The van der Waals surface area contributed by atoms with Gasteiger partial charge in [-0.2, -0.15) is 0 Å². The summed E-state index contributed by atoms with van der Waals surface area (Å²) in [4.78, 5) is 4.01. The van der Waals surface area contributed by atoms with Crippen LogP contribution < -0.4 is 0 Å².